The van der Waals surface area contributed by atoms with E-state index in [-0.39, 0.29) is 11.7 Å². The molecular weight excluding hydrogens is 330 g/mol. The third-order valence-corrected chi connectivity index (χ3v) is 6.42. The highest BCUT2D eigenvalue weighted by molar-refractivity contribution is 7.10. The summed E-state index contributed by atoms with van der Waals surface area (Å²) in [5.41, 5.74) is 4.75. The molecule has 0 atom stereocenters. The maximum atomic E-state index is 12.5. The van der Waals surface area contributed by atoms with Gasteiger partial charge in [-0.05, 0) is 66.3 Å². The van der Waals surface area contributed by atoms with Crippen LogP contribution in [0.4, 0.5) is 0 Å². The number of amides is 1. The van der Waals surface area contributed by atoms with Gasteiger partial charge in [-0.25, -0.2) is 0 Å². The molecule has 2 aliphatic rings. The molecule has 25 heavy (non-hydrogen) atoms. The molecule has 1 aliphatic carbocycles. The topological polar surface area (TPSA) is 37.4 Å². The minimum Gasteiger partial charge on any atom is -0.338 e. The third-order valence-electron chi connectivity index (χ3n) is 5.40. The quantitative estimate of drug-likeness (QED) is 0.774. The first-order chi connectivity index (χ1) is 12.2. The number of hydrogen-bond donors (Lipinski definition) is 0. The van der Waals surface area contributed by atoms with E-state index in [0.29, 0.717) is 19.4 Å². The lowest BCUT2D eigenvalue weighted by Crippen LogP contribution is -2.35. The SMILES string of the molecule is O=C(CCC(=O)N1CCc2sccc2C1)c1ccc2c(c1)CCCC2. The fourth-order valence-electron chi connectivity index (χ4n) is 3.89. The first-order valence-electron chi connectivity index (χ1n) is 9.19. The Morgan fingerprint density at radius 3 is 2.68 bits per heavy atom. The molecule has 1 aliphatic heterocycles. The number of fused-ring (bicyclic) bond motifs is 2. The number of hydrogen-bond acceptors (Lipinski definition) is 3. The summed E-state index contributed by atoms with van der Waals surface area (Å²) in [4.78, 5) is 28.3. The Hall–Kier alpha value is -1.94. The summed E-state index contributed by atoms with van der Waals surface area (Å²) in [5, 5.41) is 2.10. The predicted octanol–water partition coefficient (Wildman–Crippen LogP) is 4.17. The number of aryl methyl sites for hydroxylation is 2. The number of nitrogens with zero attached hydrogens (tertiary/aromatic N) is 1. The van der Waals surface area contributed by atoms with Crippen LogP contribution in [-0.4, -0.2) is 23.1 Å². The van der Waals surface area contributed by atoms with E-state index < -0.39 is 0 Å². The molecule has 130 valence electrons. The van der Waals surface area contributed by atoms with Gasteiger partial charge in [-0.15, -0.1) is 11.3 Å². The Labute approximate surface area is 152 Å². The highest BCUT2D eigenvalue weighted by Gasteiger charge is 2.22. The molecule has 2 aromatic rings. The molecular formula is C21H23NO2S. The fraction of sp³-hybridized carbons (Fsp3) is 0.429. The zero-order valence-electron chi connectivity index (χ0n) is 14.4. The summed E-state index contributed by atoms with van der Waals surface area (Å²) in [5.74, 6) is 0.193. The summed E-state index contributed by atoms with van der Waals surface area (Å²) >= 11 is 1.77. The van der Waals surface area contributed by atoms with E-state index in [1.165, 1.54) is 34.4 Å². The molecule has 4 rings (SSSR count). The van der Waals surface area contributed by atoms with Gasteiger partial charge in [0.1, 0.15) is 0 Å². The van der Waals surface area contributed by atoms with Gasteiger partial charge in [0.2, 0.25) is 5.91 Å². The molecule has 1 aromatic heterocycles. The van der Waals surface area contributed by atoms with Crippen LogP contribution in [0.25, 0.3) is 0 Å². The number of carbonyl (C=O) groups is 2. The molecule has 0 radical (unpaired) electrons. The summed E-state index contributed by atoms with van der Waals surface area (Å²) in [6.07, 6.45) is 6.23. The lowest BCUT2D eigenvalue weighted by molar-refractivity contribution is -0.132. The first-order valence-corrected chi connectivity index (χ1v) is 10.1. The van der Waals surface area contributed by atoms with Crippen LogP contribution in [0.2, 0.25) is 0 Å². The maximum absolute atomic E-state index is 12.5. The van der Waals surface area contributed by atoms with Crippen molar-refractivity contribution in [3.05, 3.63) is 56.8 Å². The first kappa shape index (κ1) is 16.5. The van der Waals surface area contributed by atoms with E-state index in [2.05, 4.69) is 23.6 Å². The summed E-state index contributed by atoms with van der Waals surface area (Å²) in [6, 6.07) is 8.21. The molecule has 1 amide bonds. The van der Waals surface area contributed by atoms with E-state index in [1.54, 1.807) is 11.3 Å². The van der Waals surface area contributed by atoms with Crippen LogP contribution >= 0.6 is 11.3 Å². The van der Waals surface area contributed by atoms with Crippen LogP contribution in [0, 0.1) is 0 Å². The van der Waals surface area contributed by atoms with Gasteiger partial charge in [0, 0.05) is 36.4 Å². The van der Waals surface area contributed by atoms with E-state index in [1.807, 2.05) is 11.0 Å². The van der Waals surface area contributed by atoms with E-state index in [4.69, 9.17) is 0 Å². The van der Waals surface area contributed by atoms with E-state index >= 15 is 0 Å². The van der Waals surface area contributed by atoms with Gasteiger partial charge in [0.25, 0.3) is 0 Å². The Kier molecular flexibility index (Phi) is 4.71. The average molecular weight is 353 g/mol. The average Bonchev–Trinajstić information content (AvgIpc) is 3.13. The second kappa shape index (κ2) is 7.12. The van der Waals surface area contributed by atoms with Crippen LogP contribution in [-0.2, 0) is 30.6 Å². The number of carbonyl (C=O) groups excluding carboxylic acids is 2. The lowest BCUT2D eigenvalue weighted by atomic mass is 9.89. The van der Waals surface area contributed by atoms with Crippen LogP contribution in [0.1, 0.15) is 57.6 Å². The van der Waals surface area contributed by atoms with E-state index in [9.17, 15) is 9.59 Å². The van der Waals surface area contributed by atoms with Gasteiger partial charge in [-0.1, -0.05) is 12.1 Å². The Bertz CT molecular complexity index is 808. The van der Waals surface area contributed by atoms with Crippen molar-refractivity contribution in [2.45, 2.75) is 51.5 Å². The Morgan fingerprint density at radius 2 is 1.80 bits per heavy atom. The molecule has 0 saturated heterocycles. The zero-order valence-corrected chi connectivity index (χ0v) is 15.2. The molecule has 0 unspecified atom stereocenters. The van der Waals surface area contributed by atoms with Crippen LogP contribution in [0.3, 0.4) is 0 Å². The van der Waals surface area contributed by atoms with Crippen molar-refractivity contribution in [2.75, 3.05) is 6.54 Å². The minimum atomic E-state index is 0.0926. The summed E-state index contributed by atoms with van der Waals surface area (Å²) in [7, 11) is 0. The summed E-state index contributed by atoms with van der Waals surface area (Å²) in [6.45, 7) is 1.48. The molecule has 4 heteroatoms. The molecule has 0 N–H and O–H groups in total. The number of benzene rings is 1. The van der Waals surface area contributed by atoms with Crippen LogP contribution in [0.15, 0.2) is 29.6 Å². The van der Waals surface area contributed by atoms with Crippen molar-refractivity contribution in [2.24, 2.45) is 0 Å². The third kappa shape index (κ3) is 3.54. The molecule has 1 aromatic carbocycles. The van der Waals surface area contributed by atoms with Gasteiger partial charge >= 0.3 is 0 Å². The second-order valence-corrected chi connectivity index (χ2v) is 8.05. The van der Waals surface area contributed by atoms with Gasteiger partial charge in [-0.2, -0.15) is 0 Å². The molecule has 0 bridgehead atoms. The monoisotopic (exact) mass is 353 g/mol. The van der Waals surface area contributed by atoms with Crippen molar-refractivity contribution in [3.63, 3.8) is 0 Å². The number of thiophene rings is 1. The van der Waals surface area contributed by atoms with Crippen LogP contribution in [0.5, 0.6) is 0 Å². The fourth-order valence-corrected chi connectivity index (χ4v) is 4.78. The Morgan fingerprint density at radius 1 is 0.960 bits per heavy atom. The van der Waals surface area contributed by atoms with Crippen molar-refractivity contribution >= 4 is 23.0 Å². The van der Waals surface area contributed by atoms with E-state index in [0.717, 1.165) is 31.4 Å². The van der Waals surface area contributed by atoms with Crippen molar-refractivity contribution in [3.8, 4) is 0 Å². The second-order valence-electron chi connectivity index (χ2n) is 7.05. The highest BCUT2D eigenvalue weighted by atomic mass is 32.1. The highest BCUT2D eigenvalue weighted by Crippen LogP contribution is 2.25. The zero-order chi connectivity index (χ0) is 17.2. The molecule has 0 saturated carbocycles. The Balaban J connectivity index is 1.35. The number of Topliss-reactive ketones (excluding diaryl/α,β-unsaturated/α-hetero) is 1. The number of ketones is 1. The molecule has 0 spiro atoms. The molecule has 3 nitrogen and oxygen atoms in total. The smallest absolute Gasteiger partial charge is 0.223 e. The standard InChI is InChI=1S/C21H23NO2S/c23-19(17-6-5-15-3-1-2-4-16(15)13-17)7-8-21(24)22-11-9-20-18(14-22)10-12-25-20/h5-6,10,12-13H,1-4,7-9,11,14H2. The summed E-state index contributed by atoms with van der Waals surface area (Å²) < 4.78 is 0. The van der Waals surface area contributed by atoms with Gasteiger partial charge in [0.15, 0.2) is 5.78 Å². The van der Waals surface area contributed by atoms with Gasteiger partial charge in [0.05, 0.1) is 0 Å². The van der Waals surface area contributed by atoms with Crippen molar-refractivity contribution in [1.29, 1.82) is 0 Å². The van der Waals surface area contributed by atoms with Crippen molar-refractivity contribution in [1.82, 2.24) is 4.90 Å². The largest absolute Gasteiger partial charge is 0.338 e. The lowest BCUT2D eigenvalue weighted by Gasteiger charge is -2.27. The molecule has 2 heterocycles. The maximum Gasteiger partial charge on any atom is 0.223 e. The molecule has 0 fully saturated rings. The van der Waals surface area contributed by atoms with Crippen LogP contribution < -0.4 is 0 Å². The normalized spacial score (nSPS) is 16.2. The minimum absolute atomic E-state index is 0.0926. The van der Waals surface area contributed by atoms with Gasteiger partial charge in [-0.3, -0.25) is 9.59 Å². The number of rotatable bonds is 4. The van der Waals surface area contributed by atoms with Gasteiger partial charge < -0.3 is 4.90 Å². The predicted molar refractivity (Wildman–Crippen MR) is 100 cm³/mol. The van der Waals surface area contributed by atoms with Crippen molar-refractivity contribution < 1.29 is 9.59 Å².